The van der Waals surface area contributed by atoms with Gasteiger partial charge in [-0.05, 0) is 19.3 Å². The van der Waals surface area contributed by atoms with Crippen LogP contribution in [0.4, 0.5) is 0 Å². The number of aliphatic hydroxyl groups is 1. The molecule has 0 rings (SSSR count). The summed E-state index contributed by atoms with van der Waals surface area (Å²) in [6, 6.07) is -0.911. The normalized spacial score (nSPS) is 15.0. The summed E-state index contributed by atoms with van der Waals surface area (Å²) in [4.78, 5) is 25.1. The molecule has 0 saturated carbocycles. The highest BCUT2D eigenvalue weighted by Crippen LogP contribution is 2.38. The molecule has 1 amide bonds. The third-order valence-corrected chi connectivity index (χ3v) is 9.43. The summed E-state index contributed by atoms with van der Waals surface area (Å²) >= 11 is 0. The van der Waals surface area contributed by atoms with Crippen molar-refractivity contribution in [1.82, 2.24) is 5.32 Å². The molecule has 0 aromatic heterocycles. The minimum Gasteiger partial charge on any atom is -0.756 e. The maximum absolute atomic E-state index is 12.7. The zero-order valence-corrected chi connectivity index (χ0v) is 32.1. The van der Waals surface area contributed by atoms with Crippen molar-refractivity contribution in [3.8, 4) is 0 Å². The molecule has 0 aliphatic carbocycles. The van der Waals surface area contributed by atoms with Crippen LogP contribution in [0, 0.1) is 0 Å². The molecule has 0 bridgehead atoms. The summed E-state index contributed by atoms with van der Waals surface area (Å²) in [5.74, 6) is -0.217. The number of nitrogens with zero attached hydrogens (tertiary/aromatic N) is 1. The van der Waals surface area contributed by atoms with Crippen LogP contribution in [0.5, 0.6) is 0 Å². The van der Waals surface area contributed by atoms with Gasteiger partial charge in [0.25, 0.3) is 7.82 Å². The van der Waals surface area contributed by atoms with Crippen molar-refractivity contribution in [2.75, 3.05) is 40.9 Å². The van der Waals surface area contributed by atoms with Crippen LogP contribution in [0.2, 0.25) is 0 Å². The van der Waals surface area contributed by atoms with E-state index in [-0.39, 0.29) is 12.5 Å². The van der Waals surface area contributed by atoms with Crippen molar-refractivity contribution in [3.05, 3.63) is 24.3 Å². The molecule has 0 radical (unpaired) electrons. The van der Waals surface area contributed by atoms with Gasteiger partial charge in [-0.15, -0.1) is 0 Å². The lowest BCUT2D eigenvalue weighted by atomic mass is 10.0. The van der Waals surface area contributed by atoms with E-state index >= 15 is 0 Å². The second-order valence-corrected chi connectivity index (χ2v) is 15.7. The predicted octanol–water partition coefficient (Wildman–Crippen LogP) is 9.16. The molecule has 8 nitrogen and oxygen atoms in total. The zero-order chi connectivity index (χ0) is 35.1. The first-order valence-electron chi connectivity index (χ1n) is 19.2. The molecule has 0 aromatic carbocycles. The molecule has 0 fully saturated rings. The topological polar surface area (TPSA) is 108 Å². The lowest BCUT2D eigenvalue weighted by Gasteiger charge is -2.29. The fourth-order valence-corrected chi connectivity index (χ4v) is 6.05. The second kappa shape index (κ2) is 31.0. The third-order valence-electron chi connectivity index (χ3n) is 8.47. The third kappa shape index (κ3) is 33.3. The van der Waals surface area contributed by atoms with Crippen molar-refractivity contribution in [2.24, 2.45) is 0 Å². The van der Waals surface area contributed by atoms with Gasteiger partial charge in [-0.3, -0.25) is 9.36 Å². The molecule has 47 heavy (non-hydrogen) atoms. The predicted molar refractivity (Wildman–Crippen MR) is 196 cm³/mol. The standard InChI is InChI=1S/C38H75N2O6P/c1-6-8-10-12-14-16-18-19-20-22-24-26-28-30-32-38(42)39-36(35-46-47(43,44)45-34-33-40(3,4)5)37(41)31-29-27-25-23-21-17-15-13-11-9-7-2/h25,27,29,31,36-37,41H,6-24,26,28,30,32-35H2,1-5H3,(H-,39,42,43,44)/b27-25+,31-29+/t36-,37+/m0/s1. The van der Waals surface area contributed by atoms with Crippen LogP contribution >= 0.6 is 7.82 Å². The number of rotatable bonds is 34. The van der Waals surface area contributed by atoms with Crippen LogP contribution < -0.4 is 10.2 Å². The molecular weight excluding hydrogens is 611 g/mol. The van der Waals surface area contributed by atoms with Crippen molar-refractivity contribution in [1.29, 1.82) is 0 Å². The van der Waals surface area contributed by atoms with E-state index in [2.05, 4.69) is 25.2 Å². The number of nitrogens with one attached hydrogen (secondary N) is 1. The van der Waals surface area contributed by atoms with Gasteiger partial charge in [0.1, 0.15) is 13.2 Å². The number of amides is 1. The monoisotopic (exact) mass is 687 g/mol. The molecule has 0 spiro atoms. The Labute approximate surface area is 290 Å². The van der Waals surface area contributed by atoms with Gasteiger partial charge in [-0.2, -0.15) is 0 Å². The average Bonchev–Trinajstić information content (AvgIpc) is 3.01. The summed E-state index contributed by atoms with van der Waals surface area (Å²) in [6.45, 7) is 4.57. The number of allylic oxidation sites excluding steroid dienone is 3. The zero-order valence-electron chi connectivity index (χ0n) is 31.2. The van der Waals surface area contributed by atoms with E-state index in [9.17, 15) is 19.4 Å². The van der Waals surface area contributed by atoms with E-state index in [1.165, 1.54) is 109 Å². The molecule has 0 saturated heterocycles. The van der Waals surface area contributed by atoms with Crippen LogP contribution in [0.3, 0.4) is 0 Å². The van der Waals surface area contributed by atoms with E-state index in [0.29, 0.717) is 17.4 Å². The highest BCUT2D eigenvalue weighted by Gasteiger charge is 2.23. The number of likely N-dealkylation sites (N-methyl/N-ethyl adjacent to an activating group) is 1. The Balaban J connectivity index is 4.56. The van der Waals surface area contributed by atoms with E-state index in [1.54, 1.807) is 12.2 Å². The molecule has 0 aliphatic heterocycles. The van der Waals surface area contributed by atoms with E-state index in [4.69, 9.17) is 9.05 Å². The quantitative estimate of drug-likeness (QED) is 0.0303. The van der Waals surface area contributed by atoms with Gasteiger partial charge in [0.05, 0.1) is 39.9 Å². The Morgan fingerprint density at radius 2 is 1.21 bits per heavy atom. The number of hydrogen-bond donors (Lipinski definition) is 2. The van der Waals surface area contributed by atoms with E-state index in [1.807, 2.05) is 27.2 Å². The van der Waals surface area contributed by atoms with Gasteiger partial charge in [0.2, 0.25) is 5.91 Å². The summed E-state index contributed by atoms with van der Waals surface area (Å²) in [5.41, 5.74) is 0. The largest absolute Gasteiger partial charge is 0.756 e. The Morgan fingerprint density at radius 3 is 1.70 bits per heavy atom. The van der Waals surface area contributed by atoms with Gasteiger partial charge in [-0.1, -0.05) is 160 Å². The molecule has 0 aromatic rings. The number of hydrogen-bond acceptors (Lipinski definition) is 6. The van der Waals surface area contributed by atoms with Crippen LogP contribution in [-0.2, 0) is 18.4 Å². The summed E-state index contributed by atoms with van der Waals surface area (Å²) < 4.78 is 23.0. The first-order chi connectivity index (χ1) is 22.5. The van der Waals surface area contributed by atoms with Crippen LogP contribution in [0.1, 0.15) is 162 Å². The van der Waals surface area contributed by atoms with Gasteiger partial charge >= 0.3 is 0 Å². The van der Waals surface area contributed by atoms with E-state index < -0.39 is 26.6 Å². The minimum atomic E-state index is -4.59. The Hall–Kier alpha value is -1.02. The number of phosphoric ester groups is 1. The fourth-order valence-electron chi connectivity index (χ4n) is 5.33. The first-order valence-corrected chi connectivity index (χ1v) is 20.7. The van der Waals surface area contributed by atoms with Crippen LogP contribution in [-0.4, -0.2) is 68.5 Å². The SMILES string of the molecule is CCCCCCCCC/C=C/C=C/[C@@H](O)[C@H](COP(=O)([O-])OCC[N+](C)(C)C)NC(=O)CCCCCCCCCCCCCCCC. The molecule has 0 heterocycles. The molecule has 0 aliphatic rings. The molecule has 3 atom stereocenters. The number of quaternary nitrogens is 1. The molecule has 278 valence electrons. The van der Waals surface area contributed by atoms with Gasteiger partial charge in [0, 0.05) is 6.42 Å². The number of phosphoric acid groups is 1. The van der Waals surface area contributed by atoms with Crippen LogP contribution in [0.15, 0.2) is 24.3 Å². The highest BCUT2D eigenvalue weighted by molar-refractivity contribution is 7.45. The van der Waals surface area contributed by atoms with Crippen molar-refractivity contribution < 1.29 is 32.9 Å². The number of aliphatic hydroxyl groups excluding tert-OH is 1. The first kappa shape index (κ1) is 46.0. The lowest BCUT2D eigenvalue weighted by Crippen LogP contribution is -2.45. The number of carbonyl (C=O) groups excluding carboxylic acids is 1. The maximum atomic E-state index is 12.7. The Bertz CT molecular complexity index is 829. The van der Waals surface area contributed by atoms with Gasteiger partial charge < -0.3 is 28.8 Å². The maximum Gasteiger partial charge on any atom is 0.268 e. The van der Waals surface area contributed by atoms with Gasteiger partial charge in [0.15, 0.2) is 0 Å². The minimum absolute atomic E-state index is 0.00752. The van der Waals surface area contributed by atoms with Crippen molar-refractivity contribution in [2.45, 2.75) is 174 Å². The number of unbranched alkanes of at least 4 members (excludes halogenated alkanes) is 20. The molecule has 2 N–H and O–H groups in total. The summed E-state index contributed by atoms with van der Waals surface area (Å²) in [6.07, 6.45) is 33.7. The molecule has 1 unspecified atom stereocenters. The van der Waals surface area contributed by atoms with Crippen LogP contribution in [0.25, 0.3) is 0 Å². The summed E-state index contributed by atoms with van der Waals surface area (Å²) in [7, 11) is 1.23. The van der Waals surface area contributed by atoms with E-state index in [0.717, 1.165) is 32.1 Å². The van der Waals surface area contributed by atoms with Gasteiger partial charge in [-0.25, -0.2) is 0 Å². The molecular formula is C38H75N2O6P. The van der Waals surface area contributed by atoms with Crippen molar-refractivity contribution in [3.63, 3.8) is 0 Å². The second-order valence-electron chi connectivity index (χ2n) is 14.3. The number of carbonyl (C=O) groups is 1. The fraction of sp³-hybridized carbons (Fsp3) is 0.868. The molecule has 9 heteroatoms. The lowest BCUT2D eigenvalue weighted by molar-refractivity contribution is -0.870. The Kier molecular flexibility index (Phi) is 30.3. The smallest absolute Gasteiger partial charge is 0.268 e. The van der Waals surface area contributed by atoms with Crippen molar-refractivity contribution >= 4 is 13.7 Å². The highest BCUT2D eigenvalue weighted by atomic mass is 31.2. The average molecular weight is 687 g/mol. The summed E-state index contributed by atoms with van der Waals surface area (Å²) in [5, 5.41) is 13.6. The Morgan fingerprint density at radius 1 is 0.745 bits per heavy atom.